The Morgan fingerprint density at radius 1 is 1.20 bits per heavy atom. The van der Waals surface area contributed by atoms with E-state index in [-0.39, 0.29) is 11.9 Å². The van der Waals surface area contributed by atoms with Gasteiger partial charge in [0.25, 0.3) is 5.91 Å². The molecule has 1 aliphatic heterocycles. The van der Waals surface area contributed by atoms with Crippen molar-refractivity contribution in [1.29, 1.82) is 0 Å². The summed E-state index contributed by atoms with van der Waals surface area (Å²) in [5.41, 5.74) is 3.96. The number of fused-ring (bicyclic) bond motifs is 1. The van der Waals surface area contributed by atoms with Gasteiger partial charge in [-0.25, -0.2) is 4.98 Å². The van der Waals surface area contributed by atoms with Crippen LogP contribution in [-0.4, -0.2) is 49.4 Å². The molecule has 2 aromatic carbocycles. The van der Waals surface area contributed by atoms with E-state index in [1.165, 1.54) is 4.80 Å². The Morgan fingerprint density at radius 2 is 2.03 bits per heavy atom. The fraction of sp³-hybridized carbons (Fsp3) is 0.273. The fourth-order valence-corrected chi connectivity index (χ4v) is 4.13. The van der Waals surface area contributed by atoms with Crippen molar-refractivity contribution in [2.75, 3.05) is 13.7 Å². The number of carbonyl (C=O) groups is 1. The quantitative estimate of drug-likeness (QED) is 0.565. The van der Waals surface area contributed by atoms with Crippen molar-refractivity contribution in [3.63, 3.8) is 0 Å². The second kappa shape index (κ2) is 7.29. The number of carbonyl (C=O) groups excluding carboxylic acids is 1. The van der Waals surface area contributed by atoms with Crippen LogP contribution in [0.3, 0.4) is 0 Å². The maximum atomic E-state index is 13.6. The smallest absolute Gasteiger partial charge is 0.256 e. The lowest BCUT2D eigenvalue weighted by atomic mass is 10.1. The first-order chi connectivity index (χ1) is 14.7. The summed E-state index contributed by atoms with van der Waals surface area (Å²) in [6, 6.07) is 11.4. The van der Waals surface area contributed by atoms with E-state index in [9.17, 15) is 4.79 Å². The third-order valence-corrected chi connectivity index (χ3v) is 5.56. The number of para-hydroxylation sites is 1. The third kappa shape index (κ3) is 3.01. The number of nitrogens with zero attached hydrogens (tertiary/aromatic N) is 5. The number of likely N-dealkylation sites (tertiary alicyclic amines) is 1. The normalized spacial score (nSPS) is 16.3. The maximum Gasteiger partial charge on any atom is 0.256 e. The third-order valence-electron chi connectivity index (χ3n) is 5.56. The molecule has 3 heterocycles. The largest absolute Gasteiger partial charge is 0.494 e. The minimum Gasteiger partial charge on any atom is -0.494 e. The number of aromatic nitrogens is 5. The lowest BCUT2D eigenvalue weighted by Gasteiger charge is -2.24. The van der Waals surface area contributed by atoms with Gasteiger partial charge in [-0.2, -0.15) is 15.0 Å². The molecule has 30 heavy (non-hydrogen) atoms. The van der Waals surface area contributed by atoms with Crippen molar-refractivity contribution in [2.24, 2.45) is 0 Å². The second-order valence-corrected chi connectivity index (χ2v) is 7.47. The highest BCUT2D eigenvalue weighted by molar-refractivity contribution is 5.98. The molecule has 8 heteroatoms. The van der Waals surface area contributed by atoms with Crippen molar-refractivity contribution in [1.82, 2.24) is 29.9 Å². The molecule has 2 aromatic heterocycles. The molecule has 0 spiro atoms. The van der Waals surface area contributed by atoms with E-state index in [0.29, 0.717) is 17.8 Å². The summed E-state index contributed by atoms with van der Waals surface area (Å²) in [5, 5.41) is 8.43. The van der Waals surface area contributed by atoms with Gasteiger partial charge >= 0.3 is 0 Å². The predicted octanol–water partition coefficient (Wildman–Crippen LogP) is 3.44. The molecule has 1 amide bonds. The number of rotatable bonds is 4. The lowest BCUT2D eigenvalue weighted by Crippen LogP contribution is -2.32. The van der Waals surface area contributed by atoms with Crippen molar-refractivity contribution in [3.8, 4) is 11.4 Å². The Labute approximate surface area is 173 Å². The SMILES string of the molecule is COc1cccc2[nH]c(C3CCCN3C(=O)c3cc(C)ccc3-n3nccn3)nc12. The molecule has 152 valence electrons. The van der Waals surface area contributed by atoms with E-state index in [4.69, 9.17) is 9.72 Å². The van der Waals surface area contributed by atoms with Crippen LogP contribution < -0.4 is 4.74 Å². The van der Waals surface area contributed by atoms with Gasteiger partial charge in [-0.15, -0.1) is 0 Å². The van der Waals surface area contributed by atoms with Crippen molar-refractivity contribution >= 4 is 16.9 Å². The van der Waals surface area contributed by atoms with Crippen LogP contribution in [0.25, 0.3) is 16.7 Å². The first kappa shape index (κ1) is 18.4. The predicted molar refractivity (Wildman–Crippen MR) is 112 cm³/mol. The zero-order valence-electron chi connectivity index (χ0n) is 16.9. The first-order valence-electron chi connectivity index (χ1n) is 9.96. The van der Waals surface area contributed by atoms with Gasteiger partial charge in [-0.05, 0) is 44.0 Å². The van der Waals surface area contributed by atoms with Crippen molar-refractivity contribution in [3.05, 3.63) is 65.7 Å². The number of ether oxygens (including phenoxy) is 1. The van der Waals surface area contributed by atoms with E-state index in [1.54, 1.807) is 19.5 Å². The molecule has 0 bridgehead atoms. The molecule has 1 saturated heterocycles. The Balaban J connectivity index is 1.53. The number of aromatic amines is 1. The summed E-state index contributed by atoms with van der Waals surface area (Å²) in [6.45, 7) is 2.65. The van der Waals surface area contributed by atoms with Gasteiger partial charge in [0.1, 0.15) is 17.1 Å². The molecule has 1 atom stereocenters. The molecule has 1 unspecified atom stereocenters. The molecule has 0 aliphatic carbocycles. The Kier molecular flexibility index (Phi) is 4.46. The summed E-state index contributed by atoms with van der Waals surface area (Å²) < 4.78 is 5.44. The summed E-state index contributed by atoms with van der Waals surface area (Å²) in [6.07, 6.45) is 4.99. The number of amides is 1. The van der Waals surface area contributed by atoms with Crippen LogP contribution >= 0.6 is 0 Å². The monoisotopic (exact) mass is 402 g/mol. The highest BCUT2D eigenvalue weighted by Crippen LogP contribution is 2.35. The van der Waals surface area contributed by atoms with Gasteiger partial charge in [0.15, 0.2) is 0 Å². The molecule has 1 aliphatic rings. The molecule has 0 radical (unpaired) electrons. The molecule has 1 fully saturated rings. The summed E-state index contributed by atoms with van der Waals surface area (Å²) >= 11 is 0. The van der Waals surface area contributed by atoms with E-state index in [1.807, 2.05) is 48.2 Å². The molecule has 1 N–H and O–H groups in total. The maximum absolute atomic E-state index is 13.6. The van der Waals surface area contributed by atoms with Gasteiger partial charge in [0, 0.05) is 6.54 Å². The summed E-state index contributed by atoms with van der Waals surface area (Å²) in [4.78, 5) is 25.2. The Hall–Kier alpha value is -3.68. The molecule has 0 saturated carbocycles. The number of H-pyrrole nitrogens is 1. The highest BCUT2D eigenvalue weighted by Gasteiger charge is 2.34. The number of imidazole rings is 1. The number of aryl methyl sites for hydroxylation is 1. The van der Waals surface area contributed by atoms with Gasteiger partial charge in [-0.3, -0.25) is 4.79 Å². The highest BCUT2D eigenvalue weighted by atomic mass is 16.5. The van der Waals surface area contributed by atoms with E-state index in [0.717, 1.165) is 41.0 Å². The molecular weight excluding hydrogens is 380 g/mol. The number of benzene rings is 2. The molecule has 8 nitrogen and oxygen atoms in total. The van der Waals surface area contributed by atoms with Gasteiger partial charge in [0.05, 0.1) is 42.3 Å². The fourth-order valence-electron chi connectivity index (χ4n) is 4.13. The van der Waals surface area contributed by atoms with E-state index in [2.05, 4.69) is 15.2 Å². The van der Waals surface area contributed by atoms with E-state index < -0.39 is 0 Å². The number of hydrogen-bond donors (Lipinski definition) is 1. The zero-order valence-corrected chi connectivity index (χ0v) is 16.9. The van der Waals surface area contributed by atoms with Gasteiger partial charge < -0.3 is 14.6 Å². The van der Waals surface area contributed by atoms with Gasteiger partial charge in [-0.1, -0.05) is 17.7 Å². The molecule has 5 rings (SSSR count). The van der Waals surface area contributed by atoms with Crippen LogP contribution in [0.2, 0.25) is 0 Å². The van der Waals surface area contributed by atoms with Crippen LogP contribution in [0.1, 0.15) is 40.6 Å². The standard InChI is InChI=1S/C22H22N6O2/c1-14-8-9-17(28-23-10-11-24-28)15(13-14)22(29)27-12-4-6-18(27)21-25-16-5-3-7-19(30-2)20(16)26-21/h3,5,7-11,13,18H,4,6,12H2,1-2H3,(H,25,26). The zero-order chi connectivity index (χ0) is 20.7. The number of hydrogen-bond acceptors (Lipinski definition) is 5. The molecule has 4 aromatic rings. The average Bonchev–Trinajstić information content (AvgIpc) is 3.52. The minimum atomic E-state index is -0.117. The topological polar surface area (TPSA) is 88.9 Å². The minimum absolute atomic E-state index is 0.0408. The van der Waals surface area contributed by atoms with Gasteiger partial charge in [0.2, 0.25) is 0 Å². The average molecular weight is 402 g/mol. The Morgan fingerprint density at radius 3 is 2.83 bits per heavy atom. The Bertz CT molecular complexity index is 1210. The lowest BCUT2D eigenvalue weighted by molar-refractivity contribution is 0.0730. The van der Waals surface area contributed by atoms with Crippen LogP contribution in [-0.2, 0) is 0 Å². The summed E-state index contributed by atoms with van der Waals surface area (Å²) in [7, 11) is 1.64. The summed E-state index contributed by atoms with van der Waals surface area (Å²) in [5.74, 6) is 1.46. The van der Waals surface area contributed by atoms with Crippen molar-refractivity contribution in [2.45, 2.75) is 25.8 Å². The first-order valence-corrected chi connectivity index (χ1v) is 9.96. The van der Waals surface area contributed by atoms with E-state index >= 15 is 0 Å². The molecular formula is C22H22N6O2. The van der Waals surface area contributed by atoms with Crippen LogP contribution in [0.4, 0.5) is 0 Å². The van der Waals surface area contributed by atoms with Crippen LogP contribution in [0, 0.1) is 6.92 Å². The second-order valence-electron chi connectivity index (χ2n) is 7.47. The number of nitrogens with one attached hydrogen (secondary N) is 1. The van der Waals surface area contributed by atoms with Crippen LogP contribution in [0.15, 0.2) is 48.8 Å². The number of methoxy groups -OCH3 is 1. The van der Waals surface area contributed by atoms with Crippen molar-refractivity contribution < 1.29 is 9.53 Å². The van der Waals surface area contributed by atoms with Crippen LogP contribution in [0.5, 0.6) is 5.75 Å².